The Morgan fingerprint density at radius 1 is 1.05 bits per heavy atom. The molecule has 2 rings (SSSR count). The predicted octanol–water partition coefficient (Wildman–Crippen LogP) is 2.05. The Labute approximate surface area is 134 Å². The van der Waals surface area contributed by atoms with Crippen LogP contribution >= 0.6 is 0 Å². The second-order valence-corrected chi connectivity index (χ2v) is 6.51. The first-order valence-electron chi connectivity index (χ1n) is 8.87. The number of carbonyl (C=O) groups is 2. The molecule has 5 nitrogen and oxygen atoms in total. The van der Waals surface area contributed by atoms with Crippen molar-refractivity contribution in [2.75, 3.05) is 39.3 Å². The Bertz CT molecular complexity index is 359. The minimum Gasteiger partial charge on any atom is -0.465 e. The lowest BCUT2D eigenvalue weighted by atomic mass is 9.94. The summed E-state index contributed by atoms with van der Waals surface area (Å²) in [5, 5.41) is 0. The van der Waals surface area contributed by atoms with Crippen molar-refractivity contribution >= 4 is 11.9 Å². The lowest BCUT2D eigenvalue weighted by molar-refractivity contribution is -0.145. The lowest BCUT2D eigenvalue weighted by Crippen LogP contribution is -2.45. The molecule has 0 aromatic carbocycles. The van der Waals surface area contributed by atoms with Crippen LogP contribution in [-0.2, 0) is 14.3 Å². The summed E-state index contributed by atoms with van der Waals surface area (Å²) < 4.78 is 5.20. The highest BCUT2D eigenvalue weighted by Gasteiger charge is 2.29. The molecule has 0 aromatic heterocycles. The van der Waals surface area contributed by atoms with Crippen molar-refractivity contribution in [2.45, 2.75) is 51.9 Å². The van der Waals surface area contributed by atoms with E-state index in [1.807, 2.05) is 4.90 Å². The normalized spacial score (nSPS) is 20.9. The van der Waals surface area contributed by atoms with E-state index >= 15 is 0 Å². The van der Waals surface area contributed by atoms with Gasteiger partial charge in [-0.05, 0) is 51.6 Å². The van der Waals surface area contributed by atoms with Crippen LogP contribution in [0, 0.1) is 5.92 Å². The summed E-state index contributed by atoms with van der Waals surface area (Å²) in [5.74, 6) is 0.365. The molecular weight excluding hydrogens is 280 g/mol. The van der Waals surface area contributed by atoms with Gasteiger partial charge < -0.3 is 9.64 Å². The van der Waals surface area contributed by atoms with Crippen molar-refractivity contribution in [3.63, 3.8) is 0 Å². The summed E-state index contributed by atoms with van der Waals surface area (Å²) in [4.78, 5) is 28.3. The standard InChI is InChI=1S/C17H30N2O3/c1-2-3-13-22-16(20)14-18-11-7-15(8-12-18)17(21)19-9-5-4-6-10-19/h15H,2-14H2,1H3. The van der Waals surface area contributed by atoms with Crippen LogP contribution in [-0.4, -0.2) is 61.0 Å². The van der Waals surface area contributed by atoms with E-state index in [1.54, 1.807) is 0 Å². The number of piperidine rings is 2. The maximum absolute atomic E-state index is 12.5. The van der Waals surface area contributed by atoms with Crippen LogP contribution < -0.4 is 0 Å². The van der Waals surface area contributed by atoms with Crippen molar-refractivity contribution in [2.24, 2.45) is 5.92 Å². The number of unbranched alkanes of at least 4 members (excludes halogenated alkanes) is 1. The van der Waals surface area contributed by atoms with Crippen LogP contribution in [0.1, 0.15) is 51.9 Å². The van der Waals surface area contributed by atoms with Gasteiger partial charge in [-0.1, -0.05) is 13.3 Å². The van der Waals surface area contributed by atoms with Gasteiger partial charge in [-0.2, -0.15) is 0 Å². The highest BCUT2D eigenvalue weighted by atomic mass is 16.5. The maximum Gasteiger partial charge on any atom is 0.320 e. The van der Waals surface area contributed by atoms with Crippen LogP contribution in [0.15, 0.2) is 0 Å². The van der Waals surface area contributed by atoms with E-state index in [0.717, 1.165) is 64.7 Å². The second kappa shape index (κ2) is 9.13. The van der Waals surface area contributed by atoms with Crippen LogP contribution in [0.4, 0.5) is 0 Å². The largest absolute Gasteiger partial charge is 0.465 e. The fraction of sp³-hybridized carbons (Fsp3) is 0.882. The fourth-order valence-electron chi connectivity index (χ4n) is 3.27. The Morgan fingerprint density at radius 2 is 1.73 bits per heavy atom. The van der Waals surface area contributed by atoms with E-state index in [0.29, 0.717) is 19.1 Å². The molecule has 0 spiro atoms. The molecule has 22 heavy (non-hydrogen) atoms. The second-order valence-electron chi connectivity index (χ2n) is 6.51. The molecule has 0 atom stereocenters. The molecule has 0 bridgehead atoms. The molecule has 2 saturated heterocycles. The summed E-state index contributed by atoms with van der Waals surface area (Å²) in [7, 11) is 0. The van der Waals surface area contributed by atoms with Gasteiger partial charge in [0.1, 0.15) is 0 Å². The zero-order chi connectivity index (χ0) is 15.8. The molecule has 0 radical (unpaired) electrons. The molecule has 0 saturated carbocycles. The molecule has 2 fully saturated rings. The summed E-state index contributed by atoms with van der Waals surface area (Å²) in [6.07, 6.45) is 7.26. The quantitative estimate of drug-likeness (QED) is 0.556. The van der Waals surface area contributed by atoms with Crippen molar-refractivity contribution in [3.05, 3.63) is 0 Å². The van der Waals surface area contributed by atoms with Gasteiger partial charge in [0.2, 0.25) is 5.91 Å². The number of ether oxygens (including phenoxy) is 1. The van der Waals surface area contributed by atoms with E-state index in [-0.39, 0.29) is 11.9 Å². The van der Waals surface area contributed by atoms with E-state index in [1.165, 1.54) is 6.42 Å². The number of esters is 1. The lowest BCUT2D eigenvalue weighted by Gasteiger charge is -2.35. The van der Waals surface area contributed by atoms with Gasteiger partial charge in [0.05, 0.1) is 13.2 Å². The van der Waals surface area contributed by atoms with Crippen molar-refractivity contribution in [1.82, 2.24) is 9.80 Å². The first-order chi connectivity index (χ1) is 10.7. The topological polar surface area (TPSA) is 49.9 Å². The van der Waals surface area contributed by atoms with Crippen molar-refractivity contribution < 1.29 is 14.3 Å². The molecule has 126 valence electrons. The summed E-state index contributed by atoms with van der Waals surface area (Å²) in [6.45, 7) is 6.50. The average molecular weight is 310 g/mol. The molecule has 2 aliphatic heterocycles. The summed E-state index contributed by atoms with van der Waals surface area (Å²) >= 11 is 0. The summed E-state index contributed by atoms with van der Waals surface area (Å²) in [6, 6.07) is 0. The van der Waals surface area contributed by atoms with Gasteiger partial charge in [-0.15, -0.1) is 0 Å². The monoisotopic (exact) mass is 310 g/mol. The highest BCUT2D eigenvalue weighted by molar-refractivity contribution is 5.79. The minimum atomic E-state index is -0.130. The Balaban J connectivity index is 1.66. The van der Waals surface area contributed by atoms with Gasteiger partial charge in [-0.25, -0.2) is 0 Å². The number of rotatable bonds is 6. The Morgan fingerprint density at radius 3 is 2.36 bits per heavy atom. The first-order valence-corrected chi connectivity index (χ1v) is 8.87. The molecule has 2 aliphatic rings. The zero-order valence-corrected chi connectivity index (χ0v) is 13.9. The fourth-order valence-corrected chi connectivity index (χ4v) is 3.27. The average Bonchev–Trinajstić information content (AvgIpc) is 2.56. The molecule has 2 heterocycles. The molecular formula is C17H30N2O3. The Hall–Kier alpha value is -1.10. The summed E-state index contributed by atoms with van der Waals surface area (Å²) in [5.41, 5.74) is 0. The van der Waals surface area contributed by atoms with Crippen LogP contribution in [0.25, 0.3) is 0 Å². The highest BCUT2D eigenvalue weighted by Crippen LogP contribution is 2.21. The predicted molar refractivity (Wildman–Crippen MR) is 85.5 cm³/mol. The Kier molecular flexibility index (Phi) is 7.16. The number of nitrogens with zero attached hydrogens (tertiary/aromatic N) is 2. The number of carbonyl (C=O) groups excluding carboxylic acids is 2. The van der Waals surface area contributed by atoms with Gasteiger partial charge in [0.15, 0.2) is 0 Å². The zero-order valence-electron chi connectivity index (χ0n) is 13.9. The third-order valence-electron chi connectivity index (χ3n) is 4.72. The van der Waals surface area contributed by atoms with Gasteiger partial charge in [0.25, 0.3) is 0 Å². The molecule has 0 aromatic rings. The van der Waals surface area contributed by atoms with Crippen LogP contribution in [0.2, 0.25) is 0 Å². The van der Waals surface area contributed by atoms with Crippen LogP contribution in [0.3, 0.4) is 0 Å². The van der Waals surface area contributed by atoms with Crippen LogP contribution in [0.5, 0.6) is 0 Å². The van der Waals surface area contributed by atoms with E-state index in [2.05, 4.69) is 11.8 Å². The van der Waals surface area contributed by atoms with E-state index < -0.39 is 0 Å². The molecule has 0 aliphatic carbocycles. The third-order valence-corrected chi connectivity index (χ3v) is 4.72. The van der Waals surface area contributed by atoms with Gasteiger partial charge in [0, 0.05) is 19.0 Å². The molecule has 0 N–H and O–H groups in total. The van der Waals surface area contributed by atoms with Gasteiger partial charge in [-0.3, -0.25) is 14.5 Å². The molecule has 0 unspecified atom stereocenters. The van der Waals surface area contributed by atoms with Gasteiger partial charge >= 0.3 is 5.97 Å². The first kappa shape index (κ1) is 17.3. The number of hydrogen-bond donors (Lipinski definition) is 0. The smallest absolute Gasteiger partial charge is 0.320 e. The number of hydrogen-bond acceptors (Lipinski definition) is 4. The maximum atomic E-state index is 12.5. The minimum absolute atomic E-state index is 0.130. The van der Waals surface area contributed by atoms with Crippen molar-refractivity contribution in [1.29, 1.82) is 0 Å². The van der Waals surface area contributed by atoms with E-state index in [4.69, 9.17) is 4.74 Å². The number of amides is 1. The molecule has 5 heteroatoms. The third kappa shape index (κ3) is 5.27. The molecule has 1 amide bonds. The number of likely N-dealkylation sites (tertiary alicyclic amines) is 2. The van der Waals surface area contributed by atoms with Crippen molar-refractivity contribution in [3.8, 4) is 0 Å². The SMILES string of the molecule is CCCCOC(=O)CN1CCC(C(=O)N2CCCCC2)CC1. The van der Waals surface area contributed by atoms with E-state index in [9.17, 15) is 9.59 Å².